The van der Waals surface area contributed by atoms with Gasteiger partial charge in [0.25, 0.3) is 0 Å². The van der Waals surface area contributed by atoms with Crippen LogP contribution in [-0.2, 0) is 12.8 Å². The van der Waals surface area contributed by atoms with E-state index in [1.54, 1.807) is 0 Å². The van der Waals surface area contributed by atoms with Crippen LogP contribution in [0.4, 0.5) is 0 Å². The van der Waals surface area contributed by atoms with Crippen LogP contribution in [0.5, 0.6) is 0 Å². The van der Waals surface area contributed by atoms with Gasteiger partial charge in [0.2, 0.25) is 0 Å². The molecule has 0 saturated carbocycles. The van der Waals surface area contributed by atoms with Crippen molar-refractivity contribution < 1.29 is 0 Å². The summed E-state index contributed by atoms with van der Waals surface area (Å²) in [7, 11) is 1.81. The van der Waals surface area contributed by atoms with Gasteiger partial charge in [0.05, 0.1) is 0 Å². The number of para-hydroxylation sites is 1. The Hall–Kier alpha value is -1.50. The maximum atomic E-state index is 4.26. The van der Waals surface area contributed by atoms with Gasteiger partial charge in [-0.15, -0.1) is 24.0 Å². The molecule has 24 heavy (non-hydrogen) atoms. The number of hydrogen-bond donors (Lipinski definition) is 3. The van der Waals surface area contributed by atoms with E-state index in [1.807, 2.05) is 14.0 Å². The molecule has 4 nitrogen and oxygen atoms in total. The van der Waals surface area contributed by atoms with Crippen LogP contribution in [0, 0.1) is 0 Å². The molecule has 0 aliphatic rings. The second-order valence-electron chi connectivity index (χ2n) is 5.54. The Bertz CT molecular complexity index is 673. The zero-order chi connectivity index (χ0) is 16.5. The van der Waals surface area contributed by atoms with Crippen LogP contribution in [0.2, 0.25) is 0 Å². The fourth-order valence-corrected chi connectivity index (χ4v) is 2.75. The van der Waals surface area contributed by atoms with Gasteiger partial charge in [-0.3, -0.25) is 4.99 Å². The predicted molar refractivity (Wildman–Crippen MR) is 116 cm³/mol. The van der Waals surface area contributed by atoms with Crippen molar-refractivity contribution >= 4 is 40.8 Å². The van der Waals surface area contributed by atoms with Crippen molar-refractivity contribution in [3.8, 4) is 0 Å². The molecule has 2 aromatic rings. The highest BCUT2D eigenvalue weighted by atomic mass is 127. The lowest BCUT2D eigenvalue weighted by Crippen LogP contribution is -2.38. The molecule has 3 N–H and O–H groups in total. The quantitative estimate of drug-likeness (QED) is 0.200. The Morgan fingerprint density at radius 1 is 1.21 bits per heavy atom. The van der Waals surface area contributed by atoms with Crippen LogP contribution in [-0.4, -0.2) is 31.1 Å². The summed E-state index contributed by atoms with van der Waals surface area (Å²) in [5.74, 6) is 0.864. The zero-order valence-corrected chi connectivity index (χ0v) is 17.2. The summed E-state index contributed by atoms with van der Waals surface area (Å²) in [4.78, 5) is 7.68. The summed E-state index contributed by atoms with van der Waals surface area (Å²) in [5, 5.41) is 8.03. The van der Waals surface area contributed by atoms with Crippen LogP contribution in [0.1, 0.15) is 31.4 Å². The maximum absolute atomic E-state index is 4.26. The zero-order valence-electron chi connectivity index (χ0n) is 14.9. The summed E-state index contributed by atoms with van der Waals surface area (Å²) >= 11 is 0. The molecule has 0 amide bonds. The van der Waals surface area contributed by atoms with E-state index < -0.39 is 0 Å². The van der Waals surface area contributed by atoms with Gasteiger partial charge in [-0.05, 0) is 37.3 Å². The number of rotatable bonds is 7. The average molecular weight is 440 g/mol. The topological polar surface area (TPSA) is 52.2 Å². The van der Waals surface area contributed by atoms with Gasteiger partial charge in [0, 0.05) is 37.2 Å². The van der Waals surface area contributed by atoms with Gasteiger partial charge in [-0.2, -0.15) is 0 Å². The standard InChI is InChI=1S/C19H28N4.HI/c1-4-6-7-12-21-19(20-3)22-13-11-16-14-23-18-15(5-2)9-8-10-17(16)18;/h4,6,8-10,14,23H,5,7,11-13H2,1-3H3,(H2,20,21,22);1H/b6-4+;. The Kier molecular flexibility index (Phi) is 9.52. The third kappa shape index (κ3) is 5.54. The second-order valence-corrected chi connectivity index (χ2v) is 5.54. The number of nitrogens with one attached hydrogen (secondary N) is 3. The molecule has 2 rings (SSSR count). The van der Waals surface area contributed by atoms with Crippen molar-refractivity contribution in [2.45, 2.75) is 33.1 Å². The monoisotopic (exact) mass is 440 g/mol. The fraction of sp³-hybridized carbons (Fsp3) is 0.421. The molecule has 132 valence electrons. The highest BCUT2D eigenvalue weighted by Gasteiger charge is 2.06. The first-order valence-corrected chi connectivity index (χ1v) is 8.43. The number of aliphatic imine (C=N–C) groups is 1. The Balaban J connectivity index is 0.00000288. The third-order valence-electron chi connectivity index (χ3n) is 4.02. The number of halogens is 1. The minimum absolute atomic E-state index is 0. The number of aromatic amines is 1. The Morgan fingerprint density at radius 3 is 2.71 bits per heavy atom. The van der Waals surface area contributed by atoms with Crippen LogP contribution < -0.4 is 10.6 Å². The van der Waals surface area contributed by atoms with Crippen molar-refractivity contribution in [1.29, 1.82) is 0 Å². The summed E-state index contributed by atoms with van der Waals surface area (Å²) in [6.07, 6.45) is 9.39. The van der Waals surface area contributed by atoms with Crippen LogP contribution in [0.15, 0.2) is 41.5 Å². The summed E-state index contributed by atoms with van der Waals surface area (Å²) < 4.78 is 0. The number of guanidine groups is 1. The number of allylic oxidation sites excluding steroid dienone is 1. The fourth-order valence-electron chi connectivity index (χ4n) is 2.75. The molecule has 0 bridgehead atoms. The largest absolute Gasteiger partial charge is 0.361 e. The molecular weight excluding hydrogens is 411 g/mol. The molecule has 0 aliphatic carbocycles. The number of hydrogen-bond acceptors (Lipinski definition) is 1. The van der Waals surface area contributed by atoms with E-state index in [4.69, 9.17) is 0 Å². The Morgan fingerprint density at radius 2 is 2.00 bits per heavy atom. The first-order valence-electron chi connectivity index (χ1n) is 8.43. The lowest BCUT2D eigenvalue weighted by molar-refractivity contribution is 0.793. The van der Waals surface area contributed by atoms with Crippen LogP contribution in [0.25, 0.3) is 10.9 Å². The van der Waals surface area contributed by atoms with E-state index >= 15 is 0 Å². The van der Waals surface area contributed by atoms with E-state index in [0.717, 1.165) is 38.3 Å². The number of H-pyrrole nitrogens is 1. The minimum Gasteiger partial charge on any atom is -0.361 e. The SMILES string of the molecule is C/C=C/CCNC(=NC)NCCc1c[nH]c2c(CC)cccc12.I. The van der Waals surface area contributed by atoms with Crippen molar-refractivity contribution in [2.24, 2.45) is 4.99 Å². The molecule has 0 atom stereocenters. The minimum atomic E-state index is 0. The molecule has 1 aromatic carbocycles. The second kappa shape index (κ2) is 11.1. The summed E-state index contributed by atoms with van der Waals surface area (Å²) in [5.41, 5.74) is 4.01. The van der Waals surface area contributed by atoms with E-state index in [0.29, 0.717) is 0 Å². The van der Waals surface area contributed by atoms with Crippen molar-refractivity contribution in [3.63, 3.8) is 0 Å². The highest BCUT2D eigenvalue weighted by Crippen LogP contribution is 2.22. The first-order chi connectivity index (χ1) is 11.3. The van der Waals surface area contributed by atoms with Gasteiger partial charge < -0.3 is 15.6 Å². The number of aryl methyl sites for hydroxylation is 1. The van der Waals surface area contributed by atoms with Gasteiger partial charge in [-0.1, -0.05) is 37.3 Å². The Labute approximate surface area is 162 Å². The molecule has 0 saturated heterocycles. The van der Waals surface area contributed by atoms with Crippen molar-refractivity contribution in [3.05, 3.63) is 47.7 Å². The predicted octanol–water partition coefficient (Wildman–Crippen LogP) is 4.02. The number of benzene rings is 1. The van der Waals surface area contributed by atoms with Gasteiger partial charge in [-0.25, -0.2) is 0 Å². The van der Waals surface area contributed by atoms with Gasteiger partial charge >= 0.3 is 0 Å². The normalized spacial score (nSPS) is 11.7. The molecule has 1 heterocycles. The van der Waals surface area contributed by atoms with Crippen LogP contribution >= 0.6 is 24.0 Å². The lowest BCUT2D eigenvalue weighted by Gasteiger charge is -2.10. The highest BCUT2D eigenvalue weighted by molar-refractivity contribution is 14.0. The number of fused-ring (bicyclic) bond motifs is 1. The van der Waals surface area contributed by atoms with Crippen LogP contribution in [0.3, 0.4) is 0 Å². The molecule has 0 radical (unpaired) electrons. The molecule has 0 fully saturated rings. The third-order valence-corrected chi connectivity index (χ3v) is 4.02. The van der Waals surface area contributed by atoms with E-state index in [-0.39, 0.29) is 24.0 Å². The number of aromatic nitrogens is 1. The average Bonchev–Trinajstić information content (AvgIpc) is 3.00. The summed E-state index contributed by atoms with van der Waals surface area (Å²) in [6, 6.07) is 6.54. The molecule has 0 spiro atoms. The molecule has 1 aromatic heterocycles. The van der Waals surface area contributed by atoms with Gasteiger partial charge in [0.15, 0.2) is 5.96 Å². The van der Waals surface area contributed by atoms with E-state index in [2.05, 4.69) is 64.1 Å². The molecule has 5 heteroatoms. The van der Waals surface area contributed by atoms with E-state index in [9.17, 15) is 0 Å². The van der Waals surface area contributed by atoms with Crippen molar-refractivity contribution in [2.75, 3.05) is 20.1 Å². The van der Waals surface area contributed by atoms with Crippen molar-refractivity contribution in [1.82, 2.24) is 15.6 Å². The van der Waals surface area contributed by atoms with Gasteiger partial charge in [0.1, 0.15) is 0 Å². The lowest BCUT2D eigenvalue weighted by atomic mass is 10.1. The molecule has 0 unspecified atom stereocenters. The summed E-state index contributed by atoms with van der Waals surface area (Å²) in [6.45, 7) is 6.00. The smallest absolute Gasteiger partial charge is 0.190 e. The molecule has 0 aliphatic heterocycles. The first kappa shape index (κ1) is 20.5. The number of nitrogens with zero attached hydrogens (tertiary/aromatic N) is 1. The maximum Gasteiger partial charge on any atom is 0.190 e. The van der Waals surface area contributed by atoms with E-state index in [1.165, 1.54) is 22.0 Å². The molecular formula is C19H29IN4.